The first-order chi connectivity index (χ1) is 1.41. The van der Waals surface area contributed by atoms with Crippen LogP contribution in [0.15, 0.2) is 0 Å². The SMILES string of the molecule is O=S=O.S.[H-].[Na+]. The van der Waals surface area contributed by atoms with E-state index in [2.05, 4.69) is 0 Å². The summed E-state index contributed by atoms with van der Waals surface area (Å²) in [7, 11) is 0. The second-order valence-electron chi connectivity index (χ2n) is 0.0680. The van der Waals surface area contributed by atoms with Gasteiger partial charge in [-0.25, -0.2) is 0 Å². The van der Waals surface area contributed by atoms with Crippen LogP contribution in [-0.4, -0.2) is 8.42 Å². The molecule has 0 unspecified atom stereocenters. The summed E-state index contributed by atoms with van der Waals surface area (Å²) in [5, 5.41) is 0. The Kier molecular flexibility index (Phi) is 62.7. The van der Waals surface area contributed by atoms with Gasteiger partial charge in [0.1, 0.15) is 0 Å². The van der Waals surface area contributed by atoms with Crippen LogP contribution in [-0.2, 0) is 11.6 Å². The maximum absolute atomic E-state index is 8.29. The molecular weight excluding hydrogens is 119 g/mol. The molecule has 0 atom stereocenters. The van der Waals surface area contributed by atoms with Gasteiger partial charge in [0.05, 0.1) is 0 Å². The summed E-state index contributed by atoms with van der Waals surface area (Å²) in [6.07, 6.45) is 0. The quantitative estimate of drug-likeness (QED) is 0.313. The van der Waals surface area contributed by atoms with Gasteiger partial charge in [0.25, 0.3) is 0 Å². The Labute approximate surface area is 64.2 Å². The Morgan fingerprint density at radius 3 is 1.40 bits per heavy atom. The molecule has 2 nitrogen and oxygen atoms in total. The number of rotatable bonds is 0. The van der Waals surface area contributed by atoms with Gasteiger partial charge in [-0.3, -0.25) is 0 Å². The Morgan fingerprint density at radius 1 is 1.40 bits per heavy atom. The van der Waals surface area contributed by atoms with Gasteiger partial charge in [-0.05, 0) is 0 Å². The van der Waals surface area contributed by atoms with E-state index in [1.54, 1.807) is 0 Å². The minimum absolute atomic E-state index is 0. The molecule has 0 aliphatic carbocycles. The van der Waals surface area contributed by atoms with Crippen LogP contribution in [0.3, 0.4) is 0 Å². The van der Waals surface area contributed by atoms with Crippen molar-refractivity contribution in [2.24, 2.45) is 0 Å². The summed E-state index contributed by atoms with van der Waals surface area (Å²) in [5.41, 5.74) is 0. The molecule has 0 aromatic heterocycles. The van der Waals surface area contributed by atoms with Crippen molar-refractivity contribution in [3.63, 3.8) is 0 Å². The first-order valence-corrected chi connectivity index (χ1v) is 1.00. The average Bonchev–Trinajstić information content (AvgIpc) is 0.918. The Hall–Kier alpha value is 1.17. The topological polar surface area (TPSA) is 34.1 Å². The fourth-order valence-electron chi connectivity index (χ4n) is 0. The molecule has 0 radical (unpaired) electrons. The maximum atomic E-state index is 8.29. The van der Waals surface area contributed by atoms with Crippen LogP contribution in [0.2, 0.25) is 0 Å². The zero-order valence-electron chi connectivity index (χ0n) is 3.72. The molecule has 0 rings (SSSR count). The second-order valence-corrected chi connectivity index (χ2v) is 0.204. The molecular formula is H3NaO2S2. The molecule has 0 bridgehead atoms. The van der Waals surface area contributed by atoms with Gasteiger partial charge in [0.15, 0.2) is 0 Å². The van der Waals surface area contributed by atoms with E-state index in [9.17, 15) is 0 Å². The summed E-state index contributed by atoms with van der Waals surface area (Å²) in [6, 6.07) is 0. The number of hydrogen-bond donors (Lipinski definition) is 0. The van der Waals surface area contributed by atoms with E-state index >= 15 is 0 Å². The molecule has 0 aromatic carbocycles. The molecule has 0 N–H and O–H groups in total. The normalized spacial score (nSPS) is 2.40. The molecule has 0 aliphatic heterocycles. The summed E-state index contributed by atoms with van der Waals surface area (Å²) in [4.78, 5) is 0. The fourth-order valence-corrected chi connectivity index (χ4v) is 0. The molecule has 0 aromatic rings. The third kappa shape index (κ3) is 38.0. The van der Waals surface area contributed by atoms with Crippen LogP contribution in [0.1, 0.15) is 1.43 Å². The summed E-state index contributed by atoms with van der Waals surface area (Å²) < 4.78 is 16.6. The van der Waals surface area contributed by atoms with E-state index in [-0.39, 0.29) is 44.5 Å². The van der Waals surface area contributed by atoms with Crippen LogP contribution >= 0.6 is 13.5 Å². The Balaban J connectivity index is -0.00000000667. The van der Waals surface area contributed by atoms with E-state index in [0.29, 0.717) is 0 Å². The molecule has 0 saturated heterocycles. The molecule has 0 amide bonds. The van der Waals surface area contributed by atoms with Crippen molar-refractivity contribution in [1.29, 1.82) is 0 Å². The Morgan fingerprint density at radius 2 is 1.40 bits per heavy atom. The average molecular weight is 122 g/mol. The third-order valence-corrected chi connectivity index (χ3v) is 0. The van der Waals surface area contributed by atoms with E-state index in [4.69, 9.17) is 8.42 Å². The van der Waals surface area contributed by atoms with Gasteiger partial charge in [-0.2, -0.15) is 21.9 Å². The minimum Gasteiger partial charge on any atom is -1.00 e. The second kappa shape index (κ2) is 19.1. The molecule has 0 spiro atoms. The van der Waals surface area contributed by atoms with Gasteiger partial charge >= 0.3 is 41.1 Å². The van der Waals surface area contributed by atoms with E-state index in [0.717, 1.165) is 0 Å². The van der Waals surface area contributed by atoms with Crippen molar-refractivity contribution in [3.05, 3.63) is 0 Å². The molecule has 0 fully saturated rings. The summed E-state index contributed by atoms with van der Waals surface area (Å²) >= 11 is -0.750. The first-order valence-electron chi connectivity index (χ1n) is 0.333. The third-order valence-electron chi connectivity index (χ3n) is 0. The van der Waals surface area contributed by atoms with Crippen LogP contribution in [0.4, 0.5) is 0 Å². The summed E-state index contributed by atoms with van der Waals surface area (Å²) in [6.45, 7) is 0. The van der Waals surface area contributed by atoms with Crippen LogP contribution in [0.25, 0.3) is 0 Å². The molecule has 5 heteroatoms. The maximum Gasteiger partial charge on any atom is 1.00 e. The van der Waals surface area contributed by atoms with Gasteiger partial charge in [0, 0.05) is 0 Å². The monoisotopic (exact) mass is 122 g/mol. The molecule has 0 aliphatic rings. The standard InChI is InChI=1S/Na.O2S.H2S.H/c;1-3-2;;/h;;1H2;/q+1;;;-1. The molecule has 0 saturated carbocycles. The number of hydrogen-bond acceptors (Lipinski definition) is 2. The molecule has 5 heavy (non-hydrogen) atoms. The van der Waals surface area contributed by atoms with E-state index < -0.39 is 11.6 Å². The predicted octanol–water partition coefficient (Wildman–Crippen LogP) is -3.44. The van der Waals surface area contributed by atoms with Crippen molar-refractivity contribution in [2.75, 3.05) is 0 Å². The van der Waals surface area contributed by atoms with Crippen LogP contribution in [0.5, 0.6) is 0 Å². The van der Waals surface area contributed by atoms with Crippen LogP contribution in [0, 0.1) is 0 Å². The Bertz CT molecular complexity index is 32.5. The zero-order valence-corrected chi connectivity index (χ0v) is 6.54. The van der Waals surface area contributed by atoms with Gasteiger partial charge in [-0.15, -0.1) is 0 Å². The fraction of sp³-hybridized carbons (Fsp3) is 0. The first kappa shape index (κ1) is 16.4. The van der Waals surface area contributed by atoms with Gasteiger partial charge in [-0.1, -0.05) is 0 Å². The van der Waals surface area contributed by atoms with Crippen molar-refractivity contribution < 1.29 is 39.4 Å². The largest absolute Gasteiger partial charge is 1.00 e. The van der Waals surface area contributed by atoms with Crippen molar-refractivity contribution in [3.8, 4) is 0 Å². The zero-order chi connectivity index (χ0) is 2.71. The predicted molar refractivity (Wildman–Crippen MR) is 20.4 cm³/mol. The van der Waals surface area contributed by atoms with Crippen molar-refractivity contribution >= 4 is 25.1 Å². The molecule has 28 valence electrons. The molecule has 0 heterocycles. The van der Waals surface area contributed by atoms with Crippen LogP contribution < -0.4 is 29.6 Å². The van der Waals surface area contributed by atoms with Gasteiger partial charge < -0.3 is 1.43 Å². The van der Waals surface area contributed by atoms with E-state index in [1.165, 1.54) is 0 Å². The van der Waals surface area contributed by atoms with E-state index in [1.807, 2.05) is 0 Å². The van der Waals surface area contributed by atoms with Crippen molar-refractivity contribution in [1.82, 2.24) is 0 Å². The smallest absolute Gasteiger partial charge is 1.00 e. The van der Waals surface area contributed by atoms with Gasteiger partial charge in [0.2, 0.25) is 0 Å². The summed E-state index contributed by atoms with van der Waals surface area (Å²) in [5.74, 6) is 0. The minimum atomic E-state index is -0.750. The van der Waals surface area contributed by atoms with Crippen molar-refractivity contribution in [2.45, 2.75) is 0 Å².